The Morgan fingerprint density at radius 3 is 2.58 bits per heavy atom. The summed E-state index contributed by atoms with van der Waals surface area (Å²) in [6.07, 6.45) is 0. The van der Waals surface area contributed by atoms with Crippen LogP contribution in [0, 0.1) is 9.77 Å². The van der Waals surface area contributed by atoms with E-state index in [0.717, 1.165) is 11.3 Å². The highest BCUT2D eigenvalue weighted by Gasteiger charge is 2.20. The summed E-state index contributed by atoms with van der Waals surface area (Å²) < 4.78 is 15.6. The molecule has 1 heterocycles. The van der Waals surface area contributed by atoms with Crippen LogP contribution in [-0.4, -0.2) is 10.5 Å². The number of halogens is 2. The van der Waals surface area contributed by atoms with Gasteiger partial charge in [-0.15, -0.1) is 0 Å². The number of para-hydroxylation sites is 2. The molecule has 3 N–H and O–H groups in total. The zero-order valence-corrected chi connectivity index (χ0v) is 14.5. The molecule has 3 rings (SSSR count). The molecule has 0 aliphatic heterocycles. The van der Waals surface area contributed by atoms with Crippen molar-refractivity contribution in [2.45, 2.75) is 0 Å². The molecule has 3 aromatic rings. The van der Waals surface area contributed by atoms with Gasteiger partial charge in [0.2, 0.25) is 0 Å². The summed E-state index contributed by atoms with van der Waals surface area (Å²) in [4.78, 5) is 12.7. The third kappa shape index (κ3) is 3.06. The molecule has 0 fully saturated rings. The molecule has 0 saturated carbocycles. The first-order chi connectivity index (χ1) is 11.5. The van der Waals surface area contributed by atoms with Crippen molar-refractivity contribution in [1.29, 1.82) is 0 Å². The van der Waals surface area contributed by atoms with E-state index < -0.39 is 11.7 Å². The maximum atomic E-state index is 14.0. The Balaban J connectivity index is 2.01. The van der Waals surface area contributed by atoms with Gasteiger partial charge in [0.05, 0.1) is 16.4 Å². The summed E-state index contributed by atoms with van der Waals surface area (Å²) >= 11 is 12.3. The van der Waals surface area contributed by atoms with E-state index in [9.17, 15) is 9.18 Å². The average Bonchev–Trinajstić information content (AvgIpc) is 2.85. The zero-order chi connectivity index (χ0) is 17.3. The Morgan fingerprint density at radius 2 is 1.88 bits per heavy atom. The third-order valence-electron chi connectivity index (χ3n) is 3.27. The number of amides is 1. The van der Waals surface area contributed by atoms with Crippen LogP contribution in [0.3, 0.4) is 0 Å². The SMILES string of the molecule is Nc1c(C(=O)Nc2ccccc2Cl)sc(=S)n1-c1ccccc1F. The number of nitrogens with one attached hydrogen (secondary N) is 1. The molecule has 1 amide bonds. The van der Waals surface area contributed by atoms with Crippen molar-refractivity contribution in [3.05, 3.63) is 68.2 Å². The van der Waals surface area contributed by atoms with Crippen molar-refractivity contribution in [3.63, 3.8) is 0 Å². The molecule has 0 aliphatic carbocycles. The van der Waals surface area contributed by atoms with Gasteiger partial charge < -0.3 is 11.1 Å². The van der Waals surface area contributed by atoms with E-state index in [1.165, 1.54) is 10.6 Å². The van der Waals surface area contributed by atoms with E-state index in [2.05, 4.69) is 5.32 Å². The molecule has 0 unspecified atom stereocenters. The largest absolute Gasteiger partial charge is 0.383 e. The van der Waals surface area contributed by atoms with E-state index >= 15 is 0 Å². The maximum absolute atomic E-state index is 14.0. The van der Waals surface area contributed by atoms with Crippen molar-refractivity contribution in [2.75, 3.05) is 11.1 Å². The Kier molecular flexibility index (Phi) is 4.66. The van der Waals surface area contributed by atoms with Gasteiger partial charge in [-0.2, -0.15) is 0 Å². The summed E-state index contributed by atoms with van der Waals surface area (Å²) in [6.45, 7) is 0. The van der Waals surface area contributed by atoms with Crippen LogP contribution < -0.4 is 11.1 Å². The van der Waals surface area contributed by atoms with Gasteiger partial charge in [-0.3, -0.25) is 9.36 Å². The van der Waals surface area contributed by atoms with Gasteiger partial charge in [0.15, 0.2) is 3.95 Å². The summed E-state index contributed by atoms with van der Waals surface area (Å²) in [7, 11) is 0. The molecule has 0 aliphatic rings. The van der Waals surface area contributed by atoms with Gasteiger partial charge in [-0.05, 0) is 36.5 Å². The minimum absolute atomic E-state index is 0.0830. The number of benzene rings is 2. The van der Waals surface area contributed by atoms with Crippen LogP contribution in [0.5, 0.6) is 0 Å². The molecule has 122 valence electrons. The van der Waals surface area contributed by atoms with Crippen molar-refractivity contribution >= 4 is 52.6 Å². The first-order valence-corrected chi connectivity index (χ1v) is 8.41. The van der Waals surface area contributed by atoms with E-state index in [0.29, 0.717) is 10.7 Å². The van der Waals surface area contributed by atoms with Crippen LogP contribution in [0.15, 0.2) is 48.5 Å². The number of carbonyl (C=O) groups is 1. The fourth-order valence-electron chi connectivity index (χ4n) is 2.15. The highest BCUT2D eigenvalue weighted by molar-refractivity contribution is 7.73. The minimum Gasteiger partial charge on any atom is -0.383 e. The maximum Gasteiger partial charge on any atom is 0.269 e. The molecule has 0 bridgehead atoms. The standard InChI is InChI=1S/C16H11ClFN3OS2/c17-9-5-1-3-7-11(9)20-15(22)13-14(19)21(16(23)24-13)12-8-4-2-6-10(12)18/h1-8H,19H2,(H,20,22). The molecule has 24 heavy (non-hydrogen) atoms. The van der Waals surface area contributed by atoms with Crippen molar-refractivity contribution < 1.29 is 9.18 Å². The number of hydrogen-bond acceptors (Lipinski definition) is 4. The lowest BCUT2D eigenvalue weighted by Crippen LogP contribution is -2.14. The first kappa shape index (κ1) is 16.6. The predicted octanol–water partition coefficient (Wildman–Crippen LogP) is 4.90. The van der Waals surface area contributed by atoms with Gasteiger partial charge in [0, 0.05) is 0 Å². The van der Waals surface area contributed by atoms with E-state index in [-0.39, 0.29) is 20.3 Å². The predicted molar refractivity (Wildman–Crippen MR) is 98.3 cm³/mol. The van der Waals surface area contributed by atoms with Gasteiger partial charge in [-0.25, -0.2) is 4.39 Å². The van der Waals surface area contributed by atoms with Crippen molar-refractivity contribution in [1.82, 2.24) is 4.57 Å². The first-order valence-electron chi connectivity index (χ1n) is 6.81. The summed E-state index contributed by atoms with van der Waals surface area (Å²) in [5, 5.41) is 3.08. The Bertz CT molecular complexity index is 983. The Labute approximate surface area is 151 Å². The highest BCUT2D eigenvalue weighted by Crippen LogP contribution is 2.29. The molecule has 4 nitrogen and oxygen atoms in total. The second kappa shape index (κ2) is 6.72. The molecule has 8 heteroatoms. The number of nitrogen functional groups attached to an aromatic ring is 1. The highest BCUT2D eigenvalue weighted by atomic mass is 35.5. The van der Waals surface area contributed by atoms with Gasteiger partial charge in [0.25, 0.3) is 5.91 Å². The van der Waals surface area contributed by atoms with Crippen LogP contribution >= 0.6 is 35.2 Å². The van der Waals surface area contributed by atoms with Crippen LogP contribution in [-0.2, 0) is 0 Å². The smallest absolute Gasteiger partial charge is 0.269 e. The summed E-state index contributed by atoms with van der Waals surface area (Å²) in [5.41, 5.74) is 6.70. The molecule has 0 saturated heterocycles. The minimum atomic E-state index is -0.476. The molecular formula is C16H11ClFN3OS2. The molecule has 0 spiro atoms. The number of carbonyl (C=O) groups excluding carboxylic acids is 1. The fraction of sp³-hybridized carbons (Fsp3) is 0. The zero-order valence-electron chi connectivity index (χ0n) is 12.1. The number of nitrogens with zero attached hydrogens (tertiary/aromatic N) is 1. The van der Waals surface area contributed by atoms with Crippen LogP contribution in [0.25, 0.3) is 5.69 Å². The molecule has 0 atom stereocenters. The molecule has 1 aromatic heterocycles. The second-order valence-electron chi connectivity index (χ2n) is 4.80. The Morgan fingerprint density at radius 1 is 1.21 bits per heavy atom. The monoisotopic (exact) mass is 379 g/mol. The Hall–Kier alpha value is -2.22. The normalized spacial score (nSPS) is 10.6. The number of aromatic nitrogens is 1. The second-order valence-corrected chi connectivity index (χ2v) is 6.85. The number of thiazole rings is 1. The van der Waals surface area contributed by atoms with Gasteiger partial charge in [0.1, 0.15) is 16.5 Å². The molecule has 2 aromatic carbocycles. The average molecular weight is 380 g/mol. The van der Waals surface area contributed by atoms with E-state index in [1.54, 1.807) is 42.5 Å². The summed E-state index contributed by atoms with van der Waals surface area (Å²) in [6, 6.07) is 12.9. The number of rotatable bonds is 3. The van der Waals surface area contributed by atoms with Gasteiger partial charge in [-0.1, -0.05) is 47.2 Å². The summed E-state index contributed by atoms with van der Waals surface area (Å²) in [5.74, 6) is -0.845. The lowest BCUT2D eigenvalue weighted by atomic mass is 10.3. The number of hydrogen-bond donors (Lipinski definition) is 2. The quantitative estimate of drug-likeness (QED) is 0.636. The lowest BCUT2D eigenvalue weighted by molar-refractivity contribution is 0.103. The third-order valence-corrected chi connectivity index (χ3v) is 4.99. The number of nitrogens with two attached hydrogens (primary N) is 1. The van der Waals surface area contributed by atoms with Crippen LogP contribution in [0.1, 0.15) is 9.67 Å². The molecular weight excluding hydrogens is 369 g/mol. The van der Waals surface area contributed by atoms with Crippen molar-refractivity contribution in [2.24, 2.45) is 0 Å². The number of anilines is 2. The van der Waals surface area contributed by atoms with Gasteiger partial charge >= 0.3 is 0 Å². The fourth-order valence-corrected chi connectivity index (χ4v) is 3.58. The van der Waals surface area contributed by atoms with Crippen LogP contribution in [0.4, 0.5) is 15.9 Å². The van der Waals surface area contributed by atoms with Crippen LogP contribution in [0.2, 0.25) is 5.02 Å². The van der Waals surface area contributed by atoms with E-state index in [4.69, 9.17) is 29.6 Å². The lowest BCUT2D eigenvalue weighted by Gasteiger charge is -2.08. The topological polar surface area (TPSA) is 60.1 Å². The molecule has 0 radical (unpaired) electrons. The van der Waals surface area contributed by atoms with E-state index in [1.807, 2.05) is 0 Å². The van der Waals surface area contributed by atoms with Crippen molar-refractivity contribution in [3.8, 4) is 5.69 Å².